The molecule has 4 heteroatoms. The number of halogens is 1. The summed E-state index contributed by atoms with van der Waals surface area (Å²) in [5, 5.41) is 0.624. The third-order valence-corrected chi connectivity index (χ3v) is 3.29. The minimum Gasteiger partial charge on any atom is -0.366 e. The van der Waals surface area contributed by atoms with Crippen LogP contribution in [-0.2, 0) is 9.53 Å². The van der Waals surface area contributed by atoms with Crippen molar-refractivity contribution in [3.05, 3.63) is 29.3 Å². The van der Waals surface area contributed by atoms with Crippen LogP contribution >= 0.6 is 11.6 Å². The summed E-state index contributed by atoms with van der Waals surface area (Å²) in [5.74, 6) is 0.0411. The van der Waals surface area contributed by atoms with Crippen LogP contribution in [0.1, 0.15) is 6.42 Å². The van der Waals surface area contributed by atoms with Gasteiger partial charge in [0.15, 0.2) is 0 Å². The van der Waals surface area contributed by atoms with Gasteiger partial charge in [-0.05, 0) is 12.1 Å². The molecule has 3 rings (SSSR count). The Bertz CT molecular complexity index is 421. The molecule has 0 spiro atoms. The molecular weight excluding hydrogens is 214 g/mol. The second-order valence-corrected chi connectivity index (χ2v) is 4.28. The van der Waals surface area contributed by atoms with E-state index in [0.717, 1.165) is 12.1 Å². The molecular formula is C11H10ClNO2. The lowest BCUT2D eigenvalue weighted by Crippen LogP contribution is -2.42. The number of morpholine rings is 1. The molecule has 2 fully saturated rings. The lowest BCUT2D eigenvalue weighted by molar-refractivity contribution is -0.128. The molecule has 2 aliphatic heterocycles. The van der Waals surface area contributed by atoms with Crippen molar-refractivity contribution in [1.82, 2.24) is 0 Å². The van der Waals surface area contributed by atoms with Gasteiger partial charge in [-0.25, -0.2) is 0 Å². The molecule has 2 aliphatic rings. The number of rotatable bonds is 1. The molecule has 2 unspecified atom stereocenters. The van der Waals surface area contributed by atoms with Crippen molar-refractivity contribution in [2.45, 2.75) is 18.6 Å². The Labute approximate surface area is 92.6 Å². The van der Waals surface area contributed by atoms with E-state index in [1.165, 1.54) is 0 Å². The van der Waals surface area contributed by atoms with Gasteiger partial charge in [0.05, 0.1) is 23.4 Å². The number of nitrogens with zero attached hydrogens (tertiary/aromatic N) is 1. The van der Waals surface area contributed by atoms with Gasteiger partial charge in [-0.1, -0.05) is 23.7 Å². The molecule has 15 heavy (non-hydrogen) atoms. The maximum absolute atomic E-state index is 11.9. The normalized spacial score (nSPS) is 28.9. The third kappa shape index (κ3) is 1.27. The predicted molar refractivity (Wildman–Crippen MR) is 57.1 cm³/mol. The Morgan fingerprint density at radius 1 is 1.40 bits per heavy atom. The summed E-state index contributed by atoms with van der Waals surface area (Å²) in [6.07, 6.45) is 0.551. The highest BCUT2D eigenvalue weighted by Gasteiger charge is 2.47. The molecule has 2 heterocycles. The first-order chi connectivity index (χ1) is 7.27. The Balaban J connectivity index is 2.02. The zero-order valence-electron chi connectivity index (χ0n) is 8.02. The summed E-state index contributed by atoms with van der Waals surface area (Å²) in [7, 11) is 0. The predicted octanol–water partition coefficient (Wildman–Crippen LogP) is 1.84. The summed E-state index contributed by atoms with van der Waals surface area (Å²) in [6.45, 7) is 0.627. The van der Waals surface area contributed by atoms with Crippen LogP contribution in [0.25, 0.3) is 0 Å². The van der Waals surface area contributed by atoms with Crippen LogP contribution in [0.4, 0.5) is 5.69 Å². The minimum absolute atomic E-state index is 0.0411. The molecule has 1 amide bonds. The molecule has 0 radical (unpaired) electrons. The number of hydrogen-bond acceptors (Lipinski definition) is 2. The van der Waals surface area contributed by atoms with Gasteiger partial charge in [0, 0.05) is 6.42 Å². The van der Waals surface area contributed by atoms with E-state index in [9.17, 15) is 4.79 Å². The van der Waals surface area contributed by atoms with Crippen molar-refractivity contribution in [1.29, 1.82) is 0 Å². The van der Waals surface area contributed by atoms with Crippen LogP contribution < -0.4 is 4.90 Å². The lowest BCUT2D eigenvalue weighted by atomic mass is 10.2. The number of benzene rings is 1. The van der Waals surface area contributed by atoms with Crippen LogP contribution in [-0.4, -0.2) is 24.7 Å². The zero-order chi connectivity index (χ0) is 10.4. The van der Waals surface area contributed by atoms with Crippen molar-refractivity contribution in [3.8, 4) is 0 Å². The Kier molecular flexibility index (Phi) is 1.97. The summed E-state index contributed by atoms with van der Waals surface area (Å²) in [5.41, 5.74) is 0.806. The van der Waals surface area contributed by atoms with E-state index in [0.29, 0.717) is 11.6 Å². The summed E-state index contributed by atoms with van der Waals surface area (Å²) >= 11 is 6.07. The van der Waals surface area contributed by atoms with Crippen molar-refractivity contribution in [2.24, 2.45) is 0 Å². The van der Waals surface area contributed by atoms with Gasteiger partial charge < -0.3 is 9.64 Å². The fraction of sp³-hybridized carbons (Fsp3) is 0.364. The van der Waals surface area contributed by atoms with Gasteiger partial charge >= 0.3 is 0 Å². The van der Waals surface area contributed by atoms with Crippen LogP contribution in [0, 0.1) is 0 Å². The van der Waals surface area contributed by atoms with E-state index in [1.807, 2.05) is 18.2 Å². The minimum atomic E-state index is -0.244. The van der Waals surface area contributed by atoms with Crippen molar-refractivity contribution in [2.75, 3.05) is 11.5 Å². The highest BCUT2D eigenvalue weighted by atomic mass is 35.5. The summed E-state index contributed by atoms with van der Waals surface area (Å²) in [6, 6.07) is 7.60. The molecule has 1 aromatic carbocycles. The second kappa shape index (κ2) is 3.22. The second-order valence-electron chi connectivity index (χ2n) is 3.87. The van der Waals surface area contributed by atoms with Gasteiger partial charge in [-0.2, -0.15) is 0 Å². The number of hydrogen-bond donors (Lipinski definition) is 0. The molecule has 2 bridgehead atoms. The monoisotopic (exact) mass is 223 g/mol. The number of carbonyl (C=O) groups excluding carboxylic acids is 1. The number of ether oxygens (including phenoxy) is 1. The first-order valence-electron chi connectivity index (χ1n) is 4.96. The standard InChI is InChI=1S/C11H10ClNO2/c12-8-3-1-2-4-9(8)13-7-5-10(11(13)14)15-6-7/h1-4,7,10H,5-6H2. The van der Waals surface area contributed by atoms with Gasteiger partial charge in [-0.3, -0.25) is 4.79 Å². The fourth-order valence-electron chi connectivity index (χ4n) is 2.26. The van der Waals surface area contributed by atoms with E-state index in [4.69, 9.17) is 16.3 Å². The van der Waals surface area contributed by atoms with Crippen LogP contribution in [0.3, 0.4) is 0 Å². The Morgan fingerprint density at radius 2 is 2.20 bits per heavy atom. The lowest BCUT2D eigenvalue weighted by Gasteiger charge is -2.27. The van der Waals surface area contributed by atoms with Crippen molar-refractivity contribution in [3.63, 3.8) is 0 Å². The molecule has 0 aliphatic carbocycles. The first kappa shape index (κ1) is 9.19. The van der Waals surface area contributed by atoms with Gasteiger partial charge in [0.1, 0.15) is 6.10 Å². The number of fused-ring (bicyclic) bond motifs is 2. The van der Waals surface area contributed by atoms with E-state index < -0.39 is 0 Å². The van der Waals surface area contributed by atoms with Gasteiger partial charge in [0.2, 0.25) is 0 Å². The average molecular weight is 224 g/mol. The van der Waals surface area contributed by atoms with Crippen molar-refractivity contribution < 1.29 is 9.53 Å². The highest BCUT2D eigenvalue weighted by molar-refractivity contribution is 6.34. The first-order valence-corrected chi connectivity index (χ1v) is 5.34. The SMILES string of the molecule is O=C1C2CC(CO2)N1c1ccccc1Cl. The van der Waals surface area contributed by atoms with Crippen molar-refractivity contribution >= 4 is 23.2 Å². The molecule has 1 aromatic rings. The molecule has 78 valence electrons. The Hall–Kier alpha value is -1.06. The summed E-state index contributed by atoms with van der Waals surface area (Å²) in [4.78, 5) is 13.6. The molecule has 0 aromatic heterocycles. The smallest absolute Gasteiger partial charge is 0.256 e. The van der Waals surface area contributed by atoms with Crippen LogP contribution in [0.15, 0.2) is 24.3 Å². The van der Waals surface area contributed by atoms with Crippen LogP contribution in [0.5, 0.6) is 0 Å². The zero-order valence-corrected chi connectivity index (χ0v) is 8.78. The fourth-order valence-corrected chi connectivity index (χ4v) is 2.49. The van der Waals surface area contributed by atoms with Gasteiger partial charge in [-0.15, -0.1) is 0 Å². The van der Waals surface area contributed by atoms with Gasteiger partial charge in [0.25, 0.3) is 5.91 Å². The Morgan fingerprint density at radius 3 is 2.87 bits per heavy atom. The summed E-state index contributed by atoms with van der Waals surface area (Å²) < 4.78 is 5.32. The molecule has 0 N–H and O–H groups in total. The largest absolute Gasteiger partial charge is 0.366 e. The molecule has 2 saturated heterocycles. The van der Waals surface area contributed by atoms with E-state index in [-0.39, 0.29) is 18.1 Å². The third-order valence-electron chi connectivity index (χ3n) is 2.97. The van der Waals surface area contributed by atoms with E-state index in [2.05, 4.69) is 0 Å². The molecule has 0 saturated carbocycles. The number of carbonyl (C=O) groups is 1. The van der Waals surface area contributed by atoms with E-state index >= 15 is 0 Å². The quantitative estimate of drug-likeness (QED) is 0.727. The van der Waals surface area contributed by atoms with Crippen LogP contribution in [0.2, 0.25) is 5.02 Å². The number of anilines is 1. The topological polar surface area (TPSA) is 29.5 Å². The molecule has 2 atom stereocenters. The highest BCUT2D eigenvalue weighted by Crippen LogP contribution is 2.36. The maximum atomic E-state index is 11.9. The number of para-hydroxylation sites is 1. The molecule has 3 nitrogen and oxygen atoms in total. The average Bonchev–Trinajstić information content (AvgIpc) is 2.80. The maximum Gasteiger partial charge on any atom is 0.256 e. The van der Waals surface area contributed by atoms with E-state index in [1.54, 1.807) is 11.0 Å². The number of amides is 1.